The highest BCUT2D eigenvalue weighted by Crippen LogP contribution is 2.44. The number of rotatable bonds is 9. The zero-order valence-corrected chi connectivity index (χ0v) is 19.8. The molecular formula is C27H32N2O5. The molecule has 2 aliphatic rings. The summed E-state index contributed by atoms with van der Waals surface area (Å²) in [5.74, 6) is -1.08. The first kappa shape index (κ1) is 23.8. The van der Waals surface area contributed by atoms with Crippen LogP contribution in [0.3, 0.4) is 0 Å². The van der Waals surface area contributed by atoms with Crippen molar-refractivity contribution in [2.45, 2.75) is 50.5 Å². The average molecular weight is 465 g/mol. The van der Waals surface area contributed by atoms with Crippen LogP contribution in [-0.2, 0) is 14.3 Å². The van der Waals surface area contributed by atoms with Gasteiger partial charge in [-0.3, -0.25) is 4.79 Å². The average Bonchev–Trinajstić information content (AvgIpc) is 3.10. The van der Waals surface area contributed by atoms with E-state index in [1.54, 1.807) is 7.05 Å². The summed E-state index contributed by atoms with van der Waals surface area (Å²) < 4.78 is 5.54. The van der Waals surface area contributed by atoms with Gasteiger partial charge in [-0.05, 0) is 53.9 Å². The summed E-state index contributed by atoms with van der Waals surface area (Å²) in [4.78, 5) is 37.9. The molecular weight excluding hydrogens is 432 g/mol. The lowest BCUT2D eigenvalue weighted by Crippen LogP contribution is -2.59. The van der Waals surface area contributed by atoms with Gasteiger partial charge in [0.1, 0.15) is 12.1 Å². The van der Waals surface area contributed by atoms with Gasteiger partial charge < -0.3 is 20.1 Å². The van der Waals surface area contributed by atoms with E-state index in [4.69, 9.17) is 4.74 Å². The summed E-state index contributed by atoms with van der Waals surface area (Å²) in [7, 11) is 1.58. The van der Waals surface area contributed by atoms with E-state index in [9.17, 15) is 19.5 Å². The maximum atomic E-state index is 12.6. The molecule has 1 saturated carbocycles. The molecule has 7 nitrogen and oxygen atoms in total. The second-order valence-electron chi connectivity index (χ2n) is 9.49. The van der Waals surface area contributed by atoms with Crippen LogP contribution in [0.2, 0.25) is 0 Å². The minimum absolute atomic E-state index is 0.00903. The fourth-order valence-electron chi connectivity index (χ4n) is 5.05. The molecule has 0 bridgehead atoms. The lowest BCUT2D eigenvalue weighted by molar-refractivity contribution is -0.164. The largest absolute Gasteiger partial charge is 0.479 e. The Labute approximate surface area is 200 Å². The van der Waals surface area contributed by atoms with Crippen LogP contribution in [0.15, 0.2) is 48.5 Å². The number of ether oxygens (including phenoxy) is 1. The Bertz CT molecular complexity index is 1030. The number of likely N-dealkylation sites (N-methyl/N-ethyl adjacent to an activating group) is 1. The number of amides is 2. The molecule has 1 unspecified atom stereocenters. The summed E-state index contributed by atoms with van der Waals surface area (Å²) in [6.45, 7) is 2.58. The fraction of sp³-hybridized carbons (Fsp3) is 0.444. The molecule has 4 rings (SSSR count). The third-order valence-corrected chi connectivity index (χ3v) is 7.37. The minimum Gasteiger partial charge on any atom is -0.479 e. The van der Waals surface area contributed by atoms with Gasteiger partial charge in [0.2, 0.25) is 5.91 Å². The molecule has 0 aromatic heterocycles. The van der Waals surface area contributed by atoms with Gasteiger partial charge in [-0.15, -0.1) is 0 Å². The summed E-state index contributed by atoms with van der Waals surface area (Å²) in [5.41, 5.74) is 3.65. The number of hydrogen-bond donors (Lipinski definition) is 2. The molecule has 0 spiro atoms. The number of benzene rings is 2. The molecule has 2 amide bonds. The number of carboxylic acids is 1. The number of nitrogens with zero attached hydrogens (tertiary/aromatic N) is 1. The van der Waals surface area contributed by atoms with Gasteiger partial charge in [0.15, 0.2) is 0 Å². The number of carbonyl (C=O) groups is 3. The molecule has 2 aliphatic carbocycles. The topological polar surface area (TPSA) is 95.9 Å². The Balaban J connectivity index is 1.22. The van der Waals surface area contributed by atoms with Crippen LogP contribution in [0, 0.1) is 5.92 Å². The number of hydrogen-bond acceptors (Lipinski definition) is 4. The number of carboxylic acid groups (broad SMARTS) is 1. The predicted octanol–water partition coefficient (Wildman–Crippen LogP) is 4.41. The summed E-state index contributed by atoms with van der Waals surface area (Å²) in [5, 5.41) is 12.3. The van der Waals surface area contributed by atoms with Crippen molar-refractivity contribution < 1.29 is 24.2 Å². The van der Waals surface area contributed by atoms with Crippen molar-refractivity contribution in [3.63, 3.8) is 0 Å². The number of carbonyl (C=O) groups excluding carboxylic acids is 2. The third kappa shape index (κ3) is 4.52. The van der Waals surface area contributed by atoms with E-state index in [2.05, 4.69) is 29.6 Å². The fourth-order valence-corrected chi connectivity index (χ4v) is 5.05. The summed E-state index contributed by atoms with van der Waals surface area (Å²) in [6, 6.07) is 16.4. The van der Waals surface area contributed by atoms with E-state index >= 15 is 0 Å². The number of nitrogens with one attached hydrogen (secondary N) is 1. The molecule has 2 aromatic carbocycles. The van der Waals surface area contributed by atoms with Crippen LogP contribution in [0.1, 0.15) is 56.1 Å². The lowest BCUT2D eigenvalue weighted by atomic mass is 9.75. The Morgan fingerprint density at radius 3 is 2.21 bits per heavy atom. The van der Waals surface area contributed by atoms with Crippen LogP contribution in [0.4, 0.5) is 4.79 Å². The highest BCUT2D eigenvalue weighted by atomic mass is 16.5. The van der Waals surface area contributed by atoms with Gasteiger partial charge in [0, 0.05) is 25.9 Å². The normalized spacial score (nSPS) is 16.5. The van der Waals surface area contributed by atoms with Gasteiger partial charge in [-0.2, -0.15) is 0 Å². The summed E-state index contributed by atoms with van der Waals surface area (Å²) >= 11 is 0. The second-order valence-corrected chi connectivity index (χ2v) is 9.49. The highest BCUT2D eigenvalue weighted by molar-refractivity contribution is 5.87. The molecule has 0 heterocycles. The van der Waals surface area contributed by atoms with Gasteiger partial charge >= 0.3 is 12.1 Å². The zero-order valence-electron chi connectivity index (χ0n) is 19.8. The predicted molar refractivity (Wildman–Crippen MR) is 128 cm³/mol. The molecule has 2 aromatic rings. The van der Waals surface area contributed by atoms with E-state index in [1.807, 2.05) is 31.2 Å². The van der Waals surface area contributed by atoms with E-state index in [-0.39, 0.29) is 30.8 Å². The van der Waals surface area contributed by atoms with Crippen molar-refractivity contribution in [2.75, 3.05) is 20.2 Å². The van der Waals surface area contributed by atoms with Crippen molar-refractivity contribution >= 4 is 18.0 Å². The molecule has 0 saturated heterocycles. The molecule has 34 heavy (non-hydrogen) atoms. The molecule has 1 fully saturated rings. The van der Waals surface area contributed by atoms with E-state index < -0.39 is 17.6 Å². The molecule has 0 aliphatic heterocycles. The van der Waals surface area contributed by atoms with Crippen LogP contribution < -0.4 is 5.32 Å². The van der Waals surface area contributed by atoms with Crippen molar-refractivity contribution in [2.24, 2.45) is 5.92 Å². The standard InChI is InChI=1S/C27H32N2O5/c1-18(16-24(30)29(2)27(25(31)32)13-7-14-27)12-15-28-26(33)34-17-23-21-10-5-3-8-19(21)20-9-4-6-11-22(20)23/h3-6,8-11,18,23H,7,12-17H2,1-2H3,(H,28,33)(H,31,32). The van der Waals surface area contributed by atoms with Crippen molar-refractivity contribution in [3.05, 3.63) is 59.7 Å². The van der Waals surface area contributed by atoms with Crippen molar-refractivity contribution in [3.8, 4) is 11.1 Å². The Hall–Kier alpha value is -3.35. The van der Waals surface area contributed by atoms with Gasteiger partial charge in [-0.25, -0.2) is 9.59 Å². The van der Waals surface area contributed by atoms with Crippen LogP contribution in [0.5, 0.6) is 0 Å². The quantitative estimate of drug-likeness (QED) is 0.573. The lowest BCUT2D eigenvalue weighted by Gasteiger charge is -2.45. The van der Waals surface area contributed by atoms with Gasteiger partial charge in [-0.1, -0.05) is 55.5 Å². The third-order valence-electron chi connectivity index (χ3n) is 7.37. The van der Waals surface area contributed by atoms with Crippen molar-refractivity contribution in [1.29, 1.82) is 0 Å². The van der Waals surface area contributed by atoms with Crippen LogP contribution in [0.25, 0.3) is 11.1 Å². The first-order valence-electron chi connectivity index (χ1n) is 11.9. The molecule has 1 atom stereocenters. The zero-order chi connectivity index (χ0) is 24.3. The van der Waals surface area contributed by atoms with Crippen molar-refractivity contribution in [1.82, 2.24) is 10.2 Å². The number of fused-ring (bicyclic) bond motifs is 3. The number of alkyl carbamates (subject to hydrolysis) is 1. The van der Waals surface area contributed by atoms with E-state index in [0.29, 0.717) is 25.8 Å². The highest BCUT2D eigenvalue weighted by Gasteiger charge is 2.49. The maximum Gasteiger partial charge on any atom is 0.407 e. The van der Waals surface area contributed by atoms with E-state index in [1.165, 1.54) is 27.2 Å². The van der Waals surface area contributed by atoms with Crippen LogP contribution in [-0.4, -0.2) is 53.7 Å². The SMILES string of the molecule is CC(CCNC(=O)OCC1c2ccccc2-c2ccccc21)CC(=O)N(C)C1(C(=O)O)CCC1. The first-order chi connectivity index (χ1) is 16.3. The Morgan fingerprint density at radius 1 is 1.09 bits per heavy atom. The molecule has 0 radical (unpaired) electrons. The second kappa shape index (κ2) is 9.87. The van der Waals surface area contributed by atoms with Gasteiger partial charge in [0.25, 0.3) is 0 Å². The summed E-state index contributed by atoms with van der Waals surface area (Å²) in [6.07, 6.45) is 2.20. The Kier molecular flexibility index (Phi) is 6.91. The molecule has 2 N–H and O–H groups in total. The minimum atomic E-state index is -1.05. The monoisotopic (exact) mass is 464 g/mol. The molecule has 7 heteroatoms. The Morgan fingerprint density at radius 2 is 1.68 bits per heavy atom. The first-order valence-corrected chi connectivity index (χ1v) is 11.9. The molecule has 180 valence electrons. The van der Waals surface area contributed by atoms with Gasteiger partial charge in [0.05, 0.1) is 0 Å². The smallest absolute Gasteiger partial charge is 0.407 e. The van der Waals surface area contributed by atoms with E-state index in [0.717, 1.165) is 6.42 Å². The van der Waals surface area contributed by atoms with Crippen LogP contribution >= 0.6 is 0 Å². The maximum absolute atomic E-state index is 12.6. The number of aliphatic carboxylic acids is 1.